The van der Waals surface area contributed by atoms with Gasteiger partial charge in [-0.3, -0.25) is 0 Å². The fraction of sp³-hybridized carbons (Fsp3) is 0.538. The molecule has 0 spiro atoms. The Kier molecular flexibility index (Phi) is 6.57. The number of rotatable bonds is 2. The largest absolute Gasteiger partial charge is 0.0958 e. The molecule has 0 heteroatoms. The van der Waals surface area contributed by atoms with E-state index in [-0.39, 0.29) is 14.9 Å². The maximum Gasteiger partial charge on any atom is -0.0270 e. The fourth-order valence-electron chi connectivity index (χ4n) is 1.69. The third-order valence-corrected chi connectivity index (χ3v) is 2.25. The zero-order valence-corrected chi connectivity index (χ0v) is 7.54. The van der Waals surface area contributed by atoms with Crippen LogP contribution in [0.4, 0.5) is 0 Å². The molecule has 0 aromatic rings. The molecule has 0 saturated heterocycles. The summed E-state index contributed by atoms with van der Waals surface area (Å²) in [5.74, 6) is 0. The Hall–Kier alpha value is -0.780. The fourth-order valence-corrected chi connectivity index (χ4v) is 1.69. The first-order chi connectivity index (χ1) is 5.13. The molecule has 0 amide bonds. The van der Waals surface area contributed by atoms with Crippen LogP contribution < -0.4 is 0 Å². The van der Waals surface area contributed by atoms with Crippen molar-refractivity contribution in [1.82, 2.24) is 0 Å². The summed E-state index contributed by atoms with van der Waals surface area (Å²) in [5.41, 5.74) is 5.36. The van der Waals surface area contributed by atoms with Gasteiger partial charge in [0.1, 0.15) is 0 Å². The second kappa shape index (κ2) is 5.80. The molecule has 0 unspecified atom stereocenters. The minimum Gasteiger partial charge on any atom is -0.0958 e. The van der Waals surface area contributed by atoms with Gasteiger partial charge in [-0.1, -0.05) is 39.2 Å². The molecule has 1 aliphatic carbocycles. The highest BCUT2D eigenvalue weighted by molar-refractivity contribution is 5.43. The Bertz CT molecular complexity index is 204. The van der Waals surface area contributed by atoms with Crippen LogP contribution in [0.15, 0.2) is 35.5 Å². The van der Waals surface area contributed by atoms with E-state index < -0.39 is 0 Å². The van der Waals surface area contributed by atoms with Gasteiger partial charge in [0.15, 0.2) is 0 Å². The highest BCUT2D eigenvalue weighted by Gasteiger charge is 2.14. The van der Waals surface area contributed by atoms with Crippen molar-refractivity contribution in [3.63, 3.8) is 0 Å². The van der Waals surface area contributed by atoms with Crippen molar-refractivity contribution in [2.75, 3.05) is 0 Å². The van der Waals surface area contributed by atoms with Crippen molar-refractivity contribution in [3.8, 4) is 0 Å². The quantitative estimate of drug-likeness (QED) is 0.567. The molecule has 0 aromatic heterocycles. The van der Waals surface area contributed by atoms with Crippen LogP contribution in [0.3, 0.4) is 0 Å². The molecule has 1 rings (SSSR count). The third kappa shape index (κ3) is 3.22. The van der Waals surface area contributed by atoms with E-state index in [1.807, 2.05) is 0 Å². The molecule has 0 bridgehead atoms. The Morgan fingerprint density at radius 1 is 0.923 bits per heavy atom. The van der Waals surface area contributed by atoms with Crippen LogP contribution in [0.25, 0.3) is 0 Å². The molecule has 0 nitrogen and oxygen atoms in total. The van der Waals surface area contributed by atoms with Crippen molar-refractivity contribution in [1.29, 1.82) is 0 Å². The Morgan fingerprint density at radius 3 is 1.46 bits per heavy atom. The van der Waals surface area contributed by atoms with Crippen molar-refractivity contribution >= 4 is 0 Å². The molecular formula is C13H24. The van der Waals surface area contributed by atoms with E-state index in [4.69, 9.17) is 0 Å². The van der Waals surface area contributed by atoms with Crippen LogP contribution in [0.1, 0.15) is 48.0 Å². The first-order valence-corrected chi connectivity index (χ1v) is 4.16. The minimum absolute atomic E-state index is 0. The lowest BCUT2D eigenvalue weighted by atomic mass is 10.0. The molecule has 0 heterocycles. The summed E-state index contributed by atoms with van der Waals surface area (Å²) in [6.45, 7) is 12.1. The first-order valence-electron chi connectivity index (χ1n) is 4.16. The van der Waals surface area contributed by atoms with E-state index in [1.165, 1.54) is 41.6 Å². The van der Waals surface area contributed by atoms with Crippen LogP contribution in [0, 0.1) is 0 Å². The number of hydrogen-bond acceptors (Lipinski definition) is 0. The van der Waals surface area contributed by atoms with Gasteiger partial charge in [0.2, 0.25) is 0 Å². The van der Waals surface area contributed by atoms with Crippen LogP contribution in [0.2, 0.25) is 0 Å². The lowest BCUT2D eigenvalue weighted by Gasteiger charge is -2.05. The van der Waals surface area contributed by atoms with Crippen molar-refractivity contribution in [3.05, 3.63) is 35.5 Å². The van der Waals surface area contributed by atoms with E-state index in [0.717, 1.165) is 0 Å². The Balaban J connectivity index is 0. The van der Waals surface area contributed by atoms with Crippen LogP contribution in [0.5, 0.6) is 0 Å². The van der Waals surface area contributed by atoms with Gasteiger partial charge in [0, 0.05) is 0 Å². The summed E-state index contributed by atoms with van der Waals surface area (Å²) in [4.78, 5) is 0. The van der Waals surface area contributed by atoms with Gasteiger partial charge in [-0.15, -0.1) is 0 Å². The number of hydrogen-bond donors (Lipinski definition) is 0. The van der Waals surface area contributed by atoms with Crippen LogP contribution in [-0.4, -0.2) is 0 Å². The zero-order valence-electron chi connectivity index (χ0n) is 7.54. The summed E-state index contributed by atoms with van der Waals surface area (Å²) >= 11 is 0. The molecule has 0 aliphatic heterocycles. The summed E-state index contributed by atoms with van der Waals surface area (Å²) in [6.07, 6.45) is 3.69. The highest BCUT2D eigenvalue weighted by Crippen LogP contribution is 2.33. The summed E-state index contributed by atoms with van der Waals surface area (Å²) < 4.78 is 0. The van der Waals surface area contributed by atoms with Crippen LogP contribution >= 0.6 is 0 Å². The van der Waals surface area contributed by atoms with Gasteiger partial charge >= 0.3 is 0 Å². The summed E-state index contributed by atoms with van der Waals surface area (Å²) in [6, 6.07) is 0. The van der Waals surface area contributed by atoms with E-state index in [2.05, 4.69) is 27.0 Å². The molecule has 76 valence electrons. The lowest BCUT2D eigenvalue weighted by molar-refractivity contribution is 0.897. The summed E-state index contributed by atoms with van der Waals surface area (Å²) in [5, 5.41) is 0. The SMILES string of the molecule is C.C.C=C(C)C1=C(C(=C)C)CCC1. The lowest BCUT2D eigenvalue weighted by Crippen LogP contribution is -1.85. The van der Waals surface area contributed by atoms with E-state index in [9.17, 15) is 0 Å². The van der Waals surface area contributed by atoms with Gasteiger partial charge in [-0.05, 0) is 44.3 Å². The molecule has 0 radical (unpaired) electrons. The van der Waals surface area contributed by atoms with Crippen molar-refractivity contribution in [2.24, 2.45) is 0 Å². The molecule has 0 atom stereocenters. The van der Waals surface area contributed by atoms with Gasteiger partial charge < -0.3 is 0 Å². The maximum absolute atomic E-state index is 3.97. The van der Waals surface area contributed by atoms with E-state index in [1.54, 1.807) is 0 Å². The average Bonchev–Trinajstić information content (AvgIpc) is 2.32. The standard InChI is InChI=1S/C11H16.2CH4/c1-8(2)10-6-5-7-11(10)9(3)4;;/h1,3,5-7H2,2,4H3;2*1H4. The van der Waals surface area contributed by atoms with Gasteiger partial charge in [-0.25, -0.2) is 0 Å². The normalized spacial score (nSPS) is 14.6. The maximum atomic E-state index is 3.97. The second-order valence-electron chi connectivity index (χ2n) is 3.37. The first kappa shape index (κ1) is 14.7. The van der Waals surface area contributed by atoms with Crippen molar-refractivity contribution in [2.45, 2.75) is 48.0 Å². The van der Waals surface area contributed by atoms with Crippen molar-refractivity contribution < 1.29 is 0 Å². The summed E-state index contributed by atoms with van der Waals surface area (Å²) in [7, 11) is 0. The monoisotopic (exact) mass is 180 g/mol. The second-order valence-corrected chi connectivity index (χ2v) is 3.37. The van der Waals surface area contributed by atoms with Gasteiger partial charge in [0.25, 0.3) is 0 Å². The predicted octanol–water partition coefficient (Wildman–Crippen LogP) is 4.89. The van der Waals surface area contributed by atoms with Crippen LogP contribution in [-0.2, 0) is 0 Å². The van der Waals surface area contributed by atoms with E-state index >= 15 is 0 Å². The average molecular weight is 180 g/mol. The predicted molar refractivity (Wildman–Crippen MR) is 64.0 cm³/mol. The Labute approximate surface area is 84.1 Å². The number of allylic oxidation sites excluding steroid dienone is 4. The molecule has 1 aliphatic rings. The van der Waals surface area contributed by atoms with Gasteiger partial charge in [-0.2, -0.15) is 0 Å². The Morgan fingerprint density at radius 2 is 1.23 bits per heavy atom. The molecule has 13 heavy (non-hydrogen) atoms. The minimum atomic E-state index is 0. The van der Waals surface area contributed by atoms with Gasteiger partial charge in [0.05, 0.1) is 0 Å². The topological polar surface area (TPSA) is 0 Å². The molecule has 0 saturated carbocycles. The highest BCUT2D eigenvalue weighted by atomic mass is 14.2. The smallest absolute Gasteiger partial charge is 0.0270 e. The molecule has 0 N–H and O–H groups in total. The molecule has 0 fully saturated rings. The third-order valence-electron chi connectivity index (χ3n) is 2.25. The molecular weight excluding hydrogens is 156 g/mol. The zero-order chi connectivity index (χ0) is 8.43. The molecule has 0 aromatic carbocycles. The van der Waals surface area contributed by atoms with E-state index in [0.29, 0.717) is 0 Å².